The van der Waals surface area contributed by atoms with E-state index >= 15 is 0 Å². The zero-order chi connectivity index (χ0) is 9.97. The van der Waals surface area contributed by atoms with Crippen molar-refractivity contribution in [1.82, 2.24) is 4.98 Å². The molecule has 3 heteroatoms. The average Bonchev–Trinajstić information content (AvgIpc) is 2.18. The maximum atomic E-state index is 13.4. The van der Waals surface area contributed by atoms with E-state index in [0.717, 1.165) is 10.0 Å². The largest absolute Gasteiger partial charge is 0.263 e. The van der Waals surface area contributed by atoms with Gasteiger partial charge in [-0.3, -0.25) is 4.98 Å². The molecule has 0 unspecified atom stereocenters. The molecule has 0 spiro atoms. The van der Waals surface area contributed by atoms with Crippen LogP contribution in [0.2, 0.25) is 0 Å². The van der Waals surface area contributed by atoms with Gasteiger partial charge in [-0.05, 0) is 28.1 Å². The normalized spacial score (nSPS) is 10.1. The standard InChI is InChI=1S/C11H7BrFN/c12-9-5-8(6-14-7-9)10-3-1-2-4-11(10)13/h1-7H. The molecule has 2 rings (SSSR count). The lowest BCUT2D eigenvalue weighted by atomic mass is 10.1. The summed E-state index contributed by atoms with van der Waals surface area (Å²) in [7, 11) is 0. The first kappa shape index (κ1) is 9.34. The van der Waals surface area contributed by atoms with E-state index in [1.807, 2.05) is 6.07 Å². The molecule has 0 saturated carbocycles. The van der Waals surface area contributed by atoms with E-state index in [9.17, 15) is 4.39 Å². The highest BCUT2D eigenvalue weighted by atomic mass is 79.9. The summed E-state index contributed by atoms with van der Waals surface area (Å²) in [5, 5.41) is 0. The predicted octanol–water partition coefficient (Wildman–Crippen LogP) is 3.65. The number of rotatable bonds is 1. The van der Waals surface area contributed by atoms with Crippen LogP contribution in [0.5, 0.6) is 0 Å². The fraction of sp³-hybridized carbons (Fsp3) is 0. The smallest absolute Gasteiger partial charge is 0.131 e. The second-order valence-electron chi connectivity index (χ2n) is 2.87. The molecule has 1 heterocycles. The highest BCUT2D eigenvalue weighted by Gasteiger charge is 2.03. The fourth-order valence-electron chi connectivity index (χ4n) is 1.25. The lowest BCUT2D eigenvalue weighted by Gasteiger charge is -2.02. The summed E-state index contributed by atoms with van der Waals surface area (Å²) in [5.41, 5.74) is 1.35. The lowest BCUT2D eigenvalue weighted by molar-refractivity contribution is 0.631. The minimum Gasteiger partial charge on any atom is -0.263 e. The minimum absolute atomic E-state index is 0.229. The highest BCUT2D eigenvalue weighted by Crippen LogP contribution is 2.23. The predicted molar refractivity (Wildman–Crippen MR) is 57.3 cm³/mol. The zero-order valence-electron chi connectivity index (χ0n) is 7.24. The maximum absolute atomic E-state index is 13.4. The number of hydrogen-bond acceptors (Lipinski definition) is 1. The van der Waals surface area contributed by atoms with Crippen LogP contribution in [0.25, 0.3) is 11.1 Å². The van der Waals surface area contributed by atoms with Crippen LogP contribution in [0.15, 0.2) is 47.2 Å². The number of pyridine rings is 1. The van der Waals surface area contributed by atoms with Crippen molar-refractivity contribution in [3.63, 3.8) is 0 Å². The highest BCUT2D eigenvalue weighted by molar-refractivity contribution is 9.10. The number of hydrogen-bond donors (Lipinski definition) is 0. The molecule has 1 nitrogen and oxygen atoms in total. The van der Waals surface area contributed by atoms with Crippen molar-refractivity contribution >= 4 is 15.9 Å². The maximum Gasteiger partial charge on any atom is 0.131 e. The molecule has 2 aromatic rings. The second-order valence-corrected chi connectivity index (χ2v) is 3.79. The quantitative estimate of drug-likeness (QED) is 0.754. The molecule has 0 radical (unpaired) electrons. The Morgan fingerprint density at radius 2 is 1.93 bits per heavy atom. The van der Waals surface area contributed by atoms with Gasteiger partial charge in [0.25, 0.3) is 0 Å². The van der Waals surface area contributed by atoms with E-state index in [2.05, 4.69) is 20.9 Å². The van der Waals surface area contributed by atoms with Crippen molar-refractivity contribution in [2.45, 2.75) is 0 Å². The SMILES string of the molecule is Fc1ccccc1-c1cncc(Br)c1. The van der Waals surface area contributed by atoms with Gasteiger partial charge in [0.05, 0.1) is 0 Å². The monoisotopic (exact) mass is 251 g/mol. The van der Waals surface area contributed by atoms with E-state index in [1.165, 1.54) is 6.07 Å². The van der Waals surface area contributed by atoms with Crippen LogP contribution < -0.4 is 0 Å². The van der Waals surface area contributed by atoms with Gasteiger partial charge in [0.2, 0.25) is 0 Å². The van der Waals surface area contributed by atoms with Gasteiger partial charge in [0, 0.05) is 28.0 Å². The molecule has 0 saturated heterocycles. The van der Waals surface area contributed by atoms with Gasteiger partial charge >= 0.3 is 0 Å². The van der Waals surface area contributed by atoms with Gasteiger partial charge in [-0.1, -0.05) is 18.2 Å². The van der Waals surface area contributed by atoms with Gasteiger partial charge in [-0.25, -0.2) is 4.39 Å². The molecule has 0 bridgehead atoms. The number of benzene rings is 1. The Kier molecular flexibility index (Phi) is 2.59. The van der Waals surface area contributed by atoms with Gasteiger partial charge in [-0.15, -0.1) is 0 Å². The Morgan fingerprint density at radius 3 is 2.64 bits per heavy atom. The first-order valence-electron chi connectivity index (χ1n) is 4.13. The summed E-state index contributed by atoms with van der Waals surface area (Å²) in [6.45, 7) is 0. The molecule has 0 aliphatic rings. The van der Waals surface area contributed by atoms with Crippen LogP contribution >= 0.6 is 15.9 Å². The molecule has 1 aromatic heterocycles. The van der Waals surface area contributed by atoms with Crippen molar-refractivity contribution in [3.8, 4) is 11.1 Å². The molecule has 0 fully saturated rings. The molecule has 0 aliphatic heterocycles. The summed E-state index contributed by atoms with van der Waals surface area (Å²) < 4.78 is 14.2. The van der Waals surface area contributed by atoms with E-state index < -0.39 is 0 Å². The third kappa shape index (κ3) is 1.82. The molecular formula is C11H7BrFN. The Labute approximate surface area is 89.7 Å². The third-order valence-corrected chi connectivity index (χ3v) is 2.32. The summed E-state index contributed by atoms with van der Waals surface area (Å²) in [6.07, 6.45) is 3.31. The number of aromatic nitrogens is 1. The van der Waals surface area contributed by atoms with Crippen LogP contribution in [-0.2, 0) is 0 Å². The molecule has 0 aliphatic carbocycles. The fourth-order valence-corrected chi connectivity index (χ4v) is 1.62. The van der Waals surface area contributed by atoms with Gasteiger partial charge in [-0.2, -0.15) is 0 Å². The Hall–Kier alpha value is -1.22. The average molecular weight is 252 g/mol. The number of halogens is 2. The Balaban J connectivity index is 2.55. The van der Waals surface area contributed by atoms with E-state index in [0.29, 0.717) is 5.56 Å². The first-order chi connectivity index (χ1) is 6.77. The third-order valence-electron chi connectivity index (χ3n) is 1.89. The van der Waals surface area contributed by atoms with Crippen molar-refractivity contribution in [1.29, 1.82) is 0 Å². The van der Waals surface area contributed by atoms with Gasteiger partial charge in [0.15, 0.2) is 0 Å². The first-order valence-corrected chi connectivity index (χ1v) is 4.92. The van der Waals surface area contributed by atoms with Crippen molar-refractivity contribution in [2.24, 2.45) is 0 Å². The summed E-state index contributed by atoms with van der Waals surface area (Å²) in [5.74, 6) is -0.229. The van der Waals surface area contributed by atoms with Crippen LogP contribution in [-0.4, -0.2) is 4.98 Å². The molecule has 0 N–H and O–H groups in total. The van der Waals surface area contributed by atoms with E-state index in [-0.39, 0.29) is 5.82 Å². The molecule has 14 heavy (non-hydrogen) atoms. The van der Waals surface area contributed by atoms with E-state index in [1.54, 1.807) is 30.6 Å². The molecule has 1 aromatic carbocycles. The Bertz CT molecular complexity index is 457. The topological polar surface area (TPSA) is 12.9 Å². The lowest BCUT2D eigenvalue weighted by Crippen LogP contribution is -1.84. The van der Waals surface area contributed by atoms with E-state index in [4.69, 9.17) is 0 Å². The van der Waals surface area contributed by atoms with Gasteiger partial charge in [0.1, 0.15) is 5.82 Å². The second kappa shape index (κ2) is 3.88. The van der Waals surface area contributed by atoms with Crippen LogP contribution in [0, 0.1) is 5.82 Å². The van der Waals surface area contributed by atoms with Crippen molar-refractivity contribution in [2.75, 3.05) is 0 Å². The Morgan fingerprint density at radius 1 is 1.14 bits per heavy atom. The summed E-state index contributed by atoms with van der Waals surface area (Å²) in [4.78, 5) is 3.99. The number of nitrogens with zero attached hydrogens (tertiary/aromatic N) is 1. The molecule has 0 amide bonds. The minimum atomic E-state index is -0.229. The summed E-state index contributed by atoms with van der Waals surface area (Å²) in [6, 6.07) is 8.49. The van der Waals surface area contributed by atoms with Crippen LogP contribution in [0.3, 0.4) is 0 Å². The molecule has 0 atom stereocenters. The van der Waals surface area contributed by atoms with Gasteiger partial charge < -0.3 is 0 Å². The summed E-state index contributed by atoms with van der Waals surface area (Å²) >= 11 is 3.30. The zero-order valence-corrected chi connectivity index (χ0v) is 8.83. The van der Waals surface area contributed by atoms with Crippen LogP contribution in [0.1, 0.15) is 0 Å². The van der Waals surface area contributed by atoms with Crippen molar-refractivity contribution in [3.05, 3.63) is 53.0 Å². The van der Waals surface area contributed by atoms with Crippen molar-refractivity contribution < 1.29 is 4.39 Å². The molecule has 70 valence electrons. The van der Waals surface area contributed by atoms with Crippen LogP contribution in [0.4, 0.5) is 4.39 Å². The molecular weight excluding hydrogens is 245 g/mol.